The van der Waals surface area contributed by atoms with E-state index in [1.54, 1.807) is 30.3 Å². The highest BCUT2D eigenvalue weighted by molar-refractivity contribution is 7.91. The zero-order valence-corrected chi connectivity index (χ0v) is 20.0. The third kappa shape index (κ3) is 5.14. The number of rotatable bonds is 8. The van der Waals surface area contributed by atoms with Crippen LogP contribution in [-0.4, -0.2) is 56.6 Å². The van der Waals surface area contributed by atoms with Gasteiger partial charge in [0.05, 0.1) is 11.6 Å². The van der Waals surface area contributed by atoms with Gasteiger partial charge in [-0.3, -0.25) is 0 Å². The molecule has 2 fully saturated rings. The summed E-state index contributed by atoms with van der Waals surface area (Å²) in [5, 5.41) is 15.7. The molecule has 0 radical (unpaired) electrons. The summed E-state index contributed by atoms with van der Waals surface area (Å²) in [6.45, 7) is 6.88. The summed E-state index contributed by atoms with van der Waals surface area (Å²) in [6, 6.07) is 11.5. The average Bonchev–Trinajstić information content (AvgIpc) is 3.25. The lowest BCUT2D eigenvalue weighted by molar-refractivity contribution is 0.0786. The van der Waals surface area contributed by atoms with Gasteiger partial charge in [-0.25, -0.2) is 8.42 Å². The molecule has 0 spiro atoms. The summed E-state index contributed by atoms with van der Waals surface area (Å²) in [5.41, 5.74) is 1.06. The molecule has 8 heteroatoms. The van der Waals surface area contributed by atoms with Crippen molar-refractivity contribution in [3.8, 4) is 0 Å². The molecular weight excluding hydrogens is 430 g/mol. The molecule has 1 atom stereocenters. The van der Waals surface area contributed by atoms with Crippen LogP contribution < -0.4 is 10.2 Å². The molecule has 0 bridgehead atoms. The van der Waals surface area contributed by atoms with Crippen molar-refractivity contribution >= 4 is 27.0 Å². The molecule has 1 saturated carbocycles. The van der Waals surface area contributed by atoms with Gasteiger partial charge >= 0.3 is 0 Å². The highest BCUT2D eigenvalue weighted by Crippen LogP contribution is 2.29. The van der Waals surface area contributed by atoms with Crippen LogP contribution in [0.25, 0.3) is 0 Å². The number of nitrogens with one attached hydrogen (secondary N) is 1. The van der Waals surface area contributed by atoms with Crippen LogP contribution in [0.3, 0.4) is 0 Å². The van der Waals surface area contributed by atoms with Gasteiger partial charge in [0.25, 0.3) is 10.0 Å². The molecular formula is C23H33N3O3S2. The maximum atomic E-state index is 13.1. The van der Waals surface area contributed by atoms with Crippen molar-refractivity contribution in [3.63, 3.8) is 0 Å². The molecule has 2 aliphatic rings. The first-order chi connectivity index (χ1) is 14.7. The molecule has 31 heavy (non-hydrogen) atoms. The molecule has 6 nitrogen and oxygen atoms in total. The Labute approximate surface area is 189 Å². The maximum absolute atomic E-state index is 13.1. The van der Waals surface area contributed by atoms with Gasteiger partial charge < -0.3 is 15.3 Å². The zero-order valence-electron chi connectivity index (χ0n) is 18.3. The minimum absolute atomic E-state index is 0.0524. The van der Waals surface area contributed by atoms with Crippen molar-refractivity contribution in [3.05, 3.63) is 47.3 Å². The summed E-state index contributed by atoms with van der Waals surface area (Å²) in [7, 11) is -3.45. The number of aliphatic hydroxyl groups is 1. The van der Waals surface area contributed by atoms with E-state index in [0.717, 1.165) is 30.3 Å². The van der Waals surface area contributed by atoms with E-state index in [1.165, 1.54) is 30.6 Å². The second kappa shape index (κ2) is 9.19. The molecule has 1 aliphatic carbocycles. The quantitative estimate of drug-likeness (QED) is 0.629. The van der Waals surface area contributed by atoms with Crippen molar-refractivity contribution in [2.75, 3.05) is 37.6 Å². The first kappa shape index (κ1) is 22.7. The largest absolute Gasteiger partial charge is 0.386 e. The monoisotopic (exact) mass is 463 g/mol. The molecule has 1 aliphatic heterocycles. The van der Waals surface area contributed by atoms with E-state index in [-0.39, 0.29) is 6.04 Å². The Hall–Kier alpha value is -1.45. The van der Waals surface area contributed by atoms with Gasteiger partial charge in [-0.05, 0) is 68.3 Å². The summed E-state index contributed by atoms with van der Waals surface area (Å²) >= 11 is 1.28. The SMILES string of the molecule is CC(C)(O)c1ccc(N2CCN(S(=O)(=O)c3cccs3)C[C@@H]2CNCC2CCC2)cc1. The van der Waals surface area contributed by atoms with Gasteiger partial charge in [-0.2, -0.15) is 4.31 Å². The molecule has 1 saturated heterocycles. The minimum Gasteiger partial charge on any atom is -0.386 e. The Balaban J connectivity index is 1.51. The summed E-state index contributed by atoms with van der Waals surface area (Å²) in [4.78, 5) is 2.31. The first-order valence-corrected chi connectivity index (χ1v) is 13.4. The predicted molar refractivity (Wildman–Crippen MR) is 126 cm³/mol. The Bertz CT molecular complexity index is 949. The number of piperazine rings is 1. The Morgan fingerprint density at radius 3 is 2.45 bits per heavy atom. The van der Waals surface area contributed by atoms with Crippen molar-refractivity contribution < 1.29 is 13.5 Å². The molecule has 0 unspecified atom stereocenters. The van der Waals surface area contributed by atoms with Gasteiger partial charge in [0.2, 0.25) is 0 Å². The average molecular weight is 464 g/mol. The lowest BCUT2D eigenvalue weighted by Gasteiger charge is -2.42. The summed E-state index contributed by atoms with van der Waals surface area (Å²) in [5.74, 6) is 0.758. The second-order valence-corrected chi connectivity index (χ2v) is 12.3. The van der Waals surface area contributed by atoms with Crippen LogP contribution in [0.15, 0.2) is 46.0 Å². The molecule has 2 heterocycles. The number of hydrogen-bond acceptors (Lipinski definition) is 6. The molecule has 4 rings (SSSR count). The van der Waals surface area contributed by atoms with Crippen LogP contribution in [0.1, 0.15) is 38.7 Å². The number of hydrogen-bond donors (Lipinski definition) is 2. The van der Waals surface area contributed by atoms with E-state index < -0.39 is 15.6 Å². The highest BCUT2D eigenvalue weighted by Gasteiger charge is 2.35. The number of sulfonamides is 1. The fourth-order valence-electron chi connectivity index (χ4n) is 4.31. The van der Waals surface area contributed by atoms with Gasteiger partial charge in [-0.15, -0.1) is 11.3 Å². The van der Waals surface area contributed by atoms with Crippen LogP contribution in [0.2, 0.25) is 0 Å². The molecule has 0 amide bonds. The van der Waals surface area contributed by atoms with Crippen LogP contribution >= 0.6 is 11.3 Å². The molecule has 2 aromatic rings. The Kier molecular flexibility index (Phi) is 6.74. The van der Waals surface area contributed by atoms with E-state index in [0.29, 0.717) is 23.8 Å². The fraction of sp³-hybridized carbons (Fsp3) is 0.565. The molecule has 1 aromatic heterocycles. The van der Waals surface area contributed by atoms with Crippen molar-refractivity contribution in [1.29, 1.82) is 0 Å². The van der Waals surface area contributed by atoms with Crippen molar-refractivity contribution in [1.82, 2.24) is 9.62 Å². The van der Waals surface area contributed by atoms with E-state index in [2.05, 4.69) is 10.2 Å². The van der Waals surface area contributed by atoms with E-state index in [1.807, 2.05) is 29.6 Å². The van der Waals surface area contributed by atoms with E-state index >= 15 is 0 Å². The van der Waals surface area contributed by atoms with Crippen LogP contribution in [0.4, 0.5) is 5.69 Å². The van der Waals surface area contributed by atoms with Crippen LogP contribution in [0.5, 0.6) is 0 Å². The number of anilines is 1. The highest BCUT2D eigenvalue weighted by atomic mass is 32.2. The predicted octanol–water partition coefficient (Wildman–Crippen LogP) is 3.24. The molecule has 1 aromatic carbocycles. The number of thiophene rings is 1. The lowest BCUT2D eigenvalue weighted by atomic mass is 9.85. The Morgan fingerprint density at radius 2 is 1.87 bits per heavy atom. The van der Waals surface area contributed by atoms with Gasteiger partial charge in [-0.1, -0.05) is 24.6 Å². The third-order valence-corrected chi connectivity index (χ3v) is 9.72. The molecule has 170 valence electrons. The van der Waals surface area contributed by atoms with Crippen molar-refractivity contribution in [2.45, 2.75) is 49.0 Å². The summed E-state index contributed by atoms with van der Waals surface area (Å²) < 4.78 is 28.2. The van der Waals surface area contributed by atoms with Crippen LogP contribution in [-0.2, 0) is 15.6 Å². The van der Waals surface area contributed by atoms with E-state index in [9.17, 15) is 13.5 Å². The minimum atomic E-state index is -3.45. The van der Waals surface area contributed by atoms with Gasteiger partial charge in [0, 0.05) is 31.9 Å². The number of benzene rings is 1. The standard InChI is InChI=1S/C23H33N3O3S2/c1-23(2,27)19-8-10-20(11-9-19)26-13-12-25(31(28,29)22-7-4-14-30-22)17-21(26)16-24-15-18-5-3-6-18/h4,7-11,14,18,21,24,27H,3,5-6,12-13,15-17H2,1-2H3/t21-/m0/s1. The summed E-state index contributed by atoms with van der Waals surface area (Å²) in [6.07, 6.45) is 3.90. The van der Waals surface area contributed by atoms with Crippen molar-refractivity contribution in [2.24, 2.45) is 5.92 Å². The van der Waals surface area contributed by atoms with Crippen LogP contribution in [0, 0.1) is 5.92 Å². The Morgan fingerprint density at radius 1 is 1.13 bits per heavy atom. The molecule has 2 N–H and O–H groups in total. The van der Waals surface area contributed by atoms with Gasteiger partial charge in [0.15, 0.2) is 0 Å². The maximum Gasteiger partial charge on any atom is 0.252 e. The fourth-order valence-corrected chi connectivity index (χ4v) is 6.92. The van der Waals surface area contributed by atoms with E-state index in [4.69, 9.17) is 0 Å². The smallest absolute Gasteiger partial charge is 0.252 e. The lowest BCUT2D eigenvalue weighted by Crippen LogP contribution is -2.58. The zero-order chi connectivity index (χ0) is 22.1. The topological polar surface area (TPSA) is 72.9 Å². The van der Waals surface area contributed by atoms with Gasteiger partial charge in [0.1, 0.15) is 4.21 Å². The second-order valence-electron chi connectivity index (χ2n) is 9.20. The first-order valence-electron chi connectivity index (χ1n) is 11.1. The third-order valence-electron chi connectivity index (χ3n) is 6.48. The number of nitrogens with zero attached hydrogens (tertiary/aromatic N) is 2. The normalized spacial score (nSPS) is 21.3.